The summed E-state index contributed by atoms with van der Waals surface area (Å²) in [4.78, 5) is 13.2. The molecule has 1 saturated heterocycles. The normalized spacial score (nSPS) is 14.7. The minimum absolute atomic E-state index is 0.218. The second-order valence-electron chi connectivity index (χ2n) is 6.94. The van der Waals surface area contributed by atoms with Crippen LogP contribution in [-0.2, 0) is 6.42 Å². The number of nitrogens with zero attached hydrogens (tertiary/aromatic N) is 4. The third-order valence-electron chi connectivity index (χ3n) is 4.94. The lowest BCUT2D eigenvalue weighted by atomic mass is 9.99. The second-order valence-corrected chi connectivity index (χ2v) is 7.35. The van der Waals surface area contributed by atoms with Gasteiger partial charge in [-0.1, -0.05) is 23.7 Å². The van der Waals surface area contributed by atoms with E-state index in [1.807, 2.05) is 24.3 Å². The van der Waals surface area contributed by atoms with Gasteiger partial charge in [0.15, 0.2) is 0 Å². The molecule has 28 heavy (non-hydrogen) atoms. The Hall–Kier alpha value is -2.75. The number of hydrogen-bond acceptors (Lipinski definition) is 6. The fourth-order valence-electron chi connectivity index (χ4n) is 3.38. The Bertz CT molecular complexity index is 1030. The number of ether oxygens (including phenoxy) is 1. The molecule has 0 amide bonds. The van der Waals surface area contributed by atoms with Gasteiger partial charge in [0.2, 0.25) is 5.69 Å². The number of rotatable bonds is 5. The van der Waals surface area contributed by atoms with Crippen molar-refractivity contribution in [2.24, 2.45) is 5.92 Å². The standard InChI is InChI=1S/C21H20ClN5O/c22-19-3-1-2-15-8-16(25-12-18(15)19)9-17-11-26-20(10-23)21(27-17)28-13-14-4-6-24-7-5-14/h1-3,8,11-12,14,24H,4-7,9,13H2. The van der Waals surface area contributed by atoms with Crippen molar-refractivity contribution in [1.82, 2.24) is 20.3 Å². The number of pyridine rings is 1. The number of nitriles is 1. The van der Waals surface area contributed by atoms with Crippen LogP contribution < -0.4 is 10.1 Å². The molecule has 1 aliphatic rings. The van der Waals surface area contributed by atoms with Crippen molar-refractivity contribution in [2.45, 2.75) is 19.3 Å². The van der Waals surface area contributed by atoms with Crippen LogP contribution in [0.1, 0.15) is 29.9 Å². The Morgan fingerprint density at radius 1 is 1.18 bits per heavy atom. The van der Waals surface area contributed by atoms with Crippen LogP contribution in [0.2, 0.25) is 5.02 Å². The molecule has 142 valence electrons. The maximum absolute atomic E-state index is 9.31. The third-order valence-corrected chi connectivity index (χ3v) is 5.27. The summed E-state index contributed by atoms with van der Waals surface area (Å²) in [7, 11) is 0. The van der Waals surface area contributed by atoms with Gasteiger partial charge in [-0.25, -0.2) is 9.97 Å². The highest BCUT2D eigenvalue weighted by molar-refractivity contribution is 6.35. The van der Waals surface area contributed by atoms with E-state index in [0.717, 1.165) is 42.4 Å². The number of benzene rings is 1. The summed E-state index contributed by atoms with van der Waals surface area (Å²) in [5.74, 6) is 0.785. The van der Waals surface area contributed by atoms with Gasteiger partial charge in [-0.3, -0.25) is 4.98 Å². The molecule has 0 atom stereocenters. The number of fused-ring (bicyclic) bond motifs is 1. The molecule has 2 aromatic heterocycles. The zero-order chi connectivity index (χ0) is 19.3. The fraction of sp³-hybridized carbons (Fsp3) is 0.333. The van der Waals surface area contributed by atoms with Crippen LogP contribution in [0.4, 0.5) is 0 Å². The molecule has 0 spiro atoms. The predicted molar refractivity (Wildman–Crippen MR) is 107 cm³/mol. The van der Waals surface area contributed by atoms with Gasteiger partial charge in [0.05, 0.1) is 18.5 Å². The molecular weight excluding hydrogens is 374 g/mol. The van der Waals surface area contributed by atoms with Gasteiger partial charge in [-0.15, -0.1) is 0 Å². The Morgan fingerprint density at radius 2 is 2.04 bits per heavy atom. The molecule has 0 saturated carbocycles. The van der Waals surface area contributed by atoms with Crippen molar-refractivity contribution in [2.75, 3.05) is 19.7 Å². The highest BCUT2D eigenvalue weighted by atomic mass is 35.5. The summed E-state index contributed by atoms with van der Waals surface area (Å²) in [5.41, 5.74) is 1.79. The SMILES string of the molecule is N#Cc1ncc(Cc2cc3cccc(Cl)c3cn2)nc1OCC1CCNCC1. The smallest absolute Gasteiger partial charge is 0.251 e. The van der Waals surface area contributed by atoms with E-state index < -0.39 is 0 Å². The predicted octanol–water partition coefficient (Wildman–Crippen LogP) is 3.52. The van der Waals surface area contributed by atoms with Gasteiger partial charge >= 0.3 is 0 Å². The molecule has 1 aliphatic heterocycles. The number of halogens is 1. The van der Waals surface area contributed by atoms with E-state index in [4.69, 9.17) is 16.3 Å². The Kier molecular flexibility index (Phi) is 5.65. The molecule has 7 heteroatoms. The van der Waals surface area contributed by atoms with Crippen molar-refractivity contribution >= 4 is 22.4 Å². The van der Waals surface area contributed by atoms with Gasteiger partial charge in [0.25, 0.3) is 5.88 Å². The van der Waals surface area contributed by atoms with E-state index in [1.165, 1.54) is 0 Å². The third kappa shape index (κ3) is 4.22. The summed E-state index contributed by atoms with van der Waals surface area (Å²) in [6.07, 6.45) is 6.03. The van der Waals surface area contributed by atoms with Gasteiger partial charge in [-0.05, 0) is 49.4 Å². The highest BCUT2D eigenvalue weighted by Crippen LogP contribution is 2.24. The van der Waals surface area contributed by atoms with E-state index in [-0.39, 0.29) is 5.69 Å². The number of nitrogens with one attached hydrogen (secondary N) is 1. The quantitative estimate of drug-likeness (QED) is 0.714. The van der Waals surface area contributed by atoms with Gasteiger partial charge < -0.3 is 10.1 Å². The molecule has 1 aromatic carbocycles. The average molecular weight is 394 g/mol. The van der Waals surface area contributed by atoms with Gasteiger partial charge in [0, 0.05) is 28.7 Å². The average Bonchev–Trinajstić information content (AvgIpc) is 2.73. The van der Waals surface area contributed by atoms with Crippen LogP contribution in [0, 0.1) is 17.2 Å². The Labute approximate surface area is 168 Å². The molecular formula is C21H20ClN5O. The van der Waals surface area contributed by atoms with Crippen molar-refractivity contribution in [1.29, 1.82) is 5.26 Å². The first-order chi connectivity index (χ1) is 13.7. The molecule has 0 unspecified atom stereocenters. The molecule has 4 rings (SSSR count). The minimum atomic E-state index is 0.218. The topological polar surface area (TPSA) is 83.7 Å². The minimum Gasteiger partial charge on any atom is -0.475 e. The van der Waals surface area contributed by atoms with Crippen LogP contribution in [0.25, 0.3) is 10.8 Å². The monoisotopic (exact) mass is 393 g/mol. The summed E-state index contributed by atoms with van der Waals surface area (Å²) in [5, 5.41) is 15.3. The van der Waals surface area contributed by atoms with E-state index in [9.17, 15) is 5.26 Å². The first-order valence-electron chi connectivity index (χ1n) is 9.35. The summed E-state index contributed by atoms with van der Waals surface area (Å²) in [6.45, 7) is 2.56. The Morgan fingerprint density at radius 3 is 2.86 bits per heavy atom. The molecule has 3 heterocycles. The van der Waals surface area contributed by atoms with Crippen molar-refractivity contribution in [3.8, 4) is 11.9 Å². The van der Waals surface area contributed by atoms with Crippen LogP contribution in [0.5, 0.6) is 5.88 Å². The zero-order valence-electron chi connectivity index (χ0n) is 15.4. The van der Waals surface area contributed by atoms with E-state index in [1.54, 1.807) is 12.4 Å². The Balaban J connectivity index is 1.52. The van der Waals surface area contributed by atoms with Gasteiger partial charge in [0.1, 0.15) is 6.07 Å². The molecule has 1 N–H and O–H groups in total. The van der Waals surface area contributed by atoms with Crippen LogP contribution in [0.3, 0.4) is 0 Å². The molecule has 6 nitrogen and oxygen atoms in total. The molecule has 0 aliphatic carbocycles. The lowest BCUT2D eigenvalue weighted by Gasteiger charge is -2.22. The summed E-state index contributed by atoms with van der Waals surface area (Å²) < 4.78 is 5.87. The largest absolute Gasteiger partial charge is 0.475 e. The number of hydrogen-bond donors (Lipinski definition) is 1. The zero-order valence-corrected chi connectivity index (χ0v) is 16.1. The number of piperidine rings is 1. The van der Waals surface area contributed by atoms with E-state index in [2.05, 4.69) is 26.3 Å². The highest BCUT2D eigenvalue weighted by Gasteiger charge is 2.16. The van der Waals surface area contributed by atoms with Gasteiger partial charge in [-0.2, -0.15) is 5.26 Å². The van der Waals surface area contributed by atoms with Crippen molar-refractivity contribution in [3.05, 3.63) is 58.8 Å². The summed E-state index contributed by atoms with van der Waals surface area (Å²) in [6, 6.07) is 9.83. The maximum Gasteiger partial charge on any atom is 0.251 e. The maximum atomic E-state index is 9.31. The second kappa shape index (κ2) is 8.51. The first-order valence-corrected chi connectivity index (χ1v) is 9.73. The van der Waals surface area contributed by atoms with E-state index >= 15 is 0 Å². The first kappa shape index (κ1) is 18.6. The van der Waals surface area contributed by atoms with Crippen LogP contribution >= 0.6 is 11.6 Å². The van der Waals surface area contributed by atoms with Crippen molar-refractivity contribution < 1.29 is 4.74 Å². The lowest BCUT2D eigenvalue weighted by molar-refractivity contribution is 0.207. The molecule has 0 radical (unpaired) electrons. The van der Waals surface area contributed by atoms with E-state index in [0.29, 0.717) is 35.5 Å². The lowest BCUT2D eigenvalue weighted by Crippen LogP contribution is -2.30. The van der Waals surface area contributed by atoms with Crippen molar-refractivity contribution in [3.63, 3.8) is 0 Å². The fourth-order valence-corrected chi connectivity index (χ4v) is 3.61. The van der Waals surface area contributed by atoms with Crippen LogP contribution in [0.15, 0.2) is 36.7 Å². The van der Waals surface area contributed by atoms with Crippen LogP contribution in [-0.4, -0.2) is 34.6 Å². The molecule has 3 aromatic rings. The molecule has 1 fully saturated rings. The molecule has 0 bridgehead atoms. The summed E-state index contributed by atoms with van der Waals surface area (Å²) >= 11 is 6.21. The number of aromatic nitrogens is 3.